The zero-order valence-corrected chi connectivity index (χ0v) is 70.3. The van der Waals surface area contributed by atoms with Gasteiger partial charge in [0.25, 0.3) is 0 Å². The van der Waals surface area contributed by atoms with Gasteiger partial charge in [-0.15, -0.1) is 11.3 Å². The first-order chi connectivity index (χ1) is 61.9. The van der Waals surface area contributed by atoms with Gasteiger partial charge >= 0.3 is 0 Å². The SMILES string of the molecule is Cc1cc(N(c2ccccc2)c2ccc(N(c3ccccc3)c3ccccc3)cc2)c2ccccc2c1-c1c(C)cc(N(c2ccc(C(c3ccccc3)c3ccc(-c4ccc(-c5ccc(N(c6ccccc6)c6ccc(-c7ccc(-n8c9ccccc9c9ccccc98)cc7)cc6)cc5)c5sc6ccccc6c45)cc3)cc2)C2C=CC=CC2)c2ccccc12. The van der Waals surface area contributed by atoms with E-state index in [2.05, 4.69) is 505 Å². The van der Waals surface area contributed by atoms with Gasteiger partial charge in [-0.2, -0.15) is 0 Å². The molecule has 19 aromatic carbocycles. The van der Waals surface area contributed by atoms with Gasteiger partial charge in [0, 0.05) is 110 Å². The van der Waals surface area contributed by atoms with Crippen LogP contribution in [-0.2, 0) is 0 Å². The molecule has 0 aliphatic heterocycles. The van der Waals surface area contributed by atoms with E-state index >= 15 is 0 Å². The lowest BCUT2D eigenvalue weighted by molar-refractivity contribution is 0.786. The molecule has 2 aromatic heterocycles. The summed E-state index contributed by atoms with van der Waals surface area (Å²) in [5, 5.41) is 9.89. The van der Waals surface area contributed by atoms with Crippen LogP contribution >= 0.6 is 11.3 Å². The Balaban J connectivity index is 0.566. The number of hydrogen-bond donors (Lipinski definition) is 0. The van der Waals surface area contributed by atoms with E-state index in [1.807, 2.05) is 11.3 Å². The Morgan fingerprint density at radius 2 is 0.648 bits per heavy atom. The van der Waals surface area contributed by atoms with Crippen molar-refractivity contribution in [2.24, 2.45) is 0 Å². The number of fused-ring (bicyclic) bond motifs is 8. The molecule has 0 saturated heterocycles. The molecule has 0 bridgehead atoms. The first-order valence-electron chi connectivity index (χ1n) is 43.2. The fraction of sp³-hybridized carbons (Fsp3) is 0.0420. The van der Waals surface area contributed by atoms with Crippen LogP contribution in [0, 0.1) is 13.8 Å². The van der Waals surface area contributed by atoms with Crippen molar-refractivity contribution in [3.05, 3.63) is 495 Å². The van der Waals surface area contributed by atoms with E-state index < -0.39 is 0 Å². The molecule has 0 amide bonds. The highest BCUT2D eigenvalue weighted by atomic mass is 32.1. The van der Waals surface area contributed by atoms with E-state index in [1.54, 1.807) is 0 Å². The highest BCUT2D eigenvalue weighted by Crippen LogP contribution is 2.52. The van der Waals surface area contributed by atoms with E-state index in [0.717, 1.165) is 69.0 Å². The second-order valence-corrected chi connectivity index (χ2v) is 33.7. The average Bonchev–Trinajstić information content (AvgIpc) is 1.64. The van der Waals surface area contributed by atoms with Crippen LogP contribution in [0.1, 0.15) is 40.2 Å². The number of allylic oxidation sites excluding steroid dienone is 2. The zero-order chi connectivity index (χ0) is 83.3. The fourth-order valence-corrected chi connectivity index (χ4v) is 20.7. The molecule has 125 heavy (non-hydrogen) atoms. The Kier molecular flexibility index (Phi) is 19.8. The van der Waals surface area contributed by atoms with Gasteiger partial charge < -0.3 is 24.2 Å². The molecule has 1 aliphatic rings. The Morgan fingerprint density at radius 1 is 0.288 bits per heavy atom. The van der Waals surface area contributed by atoms with Gasteiger partial charge in [0.2, 0.25) is 0 Å². The summed E-state index contributed by atoms with van der Waals surface area (Å²) in [7, 11) is 0. The molecule has 2 unspecified atom stereocenters. The maximum Gasteiger partial charge on any atom is 0.0560 e. The second kappa shape index (κ2) is 32.7. The lowest BCUT2D eigenvalue weighted by Crippen LogP contribution is -2.30. The molecule has 0 saturated carbocycles. The minimum absolute atomic E-state index is 0.0274. The summed E-state index contributed by atoms with van der Waals surface area (Å²) in [4.78, 5) is 9.70. The number of aryl methyl sites for hydroxylation is 2. The van der Waals surface area contributed by atoms with Crippen LogP contribution in [0.3, 0.4) is 0 Å². The van der Waals surface area contributed by atoms with E-state index in [9.17, 15) is 0 Å². The van der Waals surface area contributed by atoms with Gasteiger partial charge in [-0.25, -0.2) is 0 Å². The normalized spacial score (nSPS) is 12.8. The van der Waals surface area contributed by atoms with Crippen LogP contribution in [0.5, 0.6) is 0 Å². The lowest BCUT2D eigenvalue weighted by atomic mass is 9.84. The Hall–Kier alpha value is -15.6. The van der Waals surface area contributed by atoms with E-state index in [1.165, 1.54) is 142 Å². The number of thiophene rings is 1. The number of rotatable bonds is 20. The first-order valence-corrected chi connectivity index (χ1v) is 44.1. The number of para-hydroxylation sites is 6. The summed E-state index contributed by atoms with van der Waals surface area (Å²) in [6, 6.07) is 163. The van der Waals surface area contributed by atoms with E-state index in [4.69, 9.17) is 0 Å². The molecule has 0 spiro atoms. The second-order valence-electron chi connectivity index (χ2n) is 32.6. The molecule has 22 rings (SSSR count). The van der Waals surface area contributed by atoms with E-state index in [0.29, 0.717) is 0 Å². The third-order valence-electron chi connectivity index (χ3n) is 25.2. The third-order valence-corrected chi connectivity index (χ3v) is 26.4. The van der Waals surface area contributed by atoms with Gasteiger partial charge in [-0.3, -0.25) is 0 Å². The quantitative estimate of drug-likeness (QED) is 0.0708. The van der Waals surface area contributed by atoms with Gasteiger partial charge in [-0.05, 0) is 255 Å². The van der Waals surface area contributed by atoms with Crippen molar-refractivity contribution in [3.8, 4) is 50.2 Å². The molecular weight excluding hydrogens is 1530 g/mol. The smallest absolute Gasteiger partial charge is 0.0560 e. The topological polar surface area (TPSA) is 17.9 Å². The third kappa shape index (κ3) is 14.0. The van der Waals surface area contributed by atoms with Crippen molar-refractivity contribution in [2.45, 2.75) is 32.2 Å². The van der Waals surface area contributed by atoms with Crippen molar-refractivity contribution in [1.29, 1.82) is 0 Å². The summed E-state index contributed by atoms with van der Waals surface area (Å²) in [5.74, 6) is -0.0274. The predicted molar refractivity (Wildman–Crippen MR) is 533 cm³/mol. The number of aromatic nitrogens is 1. The van der Waals surface area contributed by atoms with Gasteiger partial charge in [0.05, 0.1) is 22.8 Å². The summed E-state index contributed by atoms with van der Waals surface area (Å²) < 4.78 is 4.93. The molecular formula is C119H87N5S. The molecule has 594 valence electrons. The maximum atomic E-state index is 2.59. The van der Waals surface area contributed by atoms with Gasteiger partial charge in [0.1, 0.15) is 0 Å². The molecule has 0 radical (unpaired) electrons. The molecule has 1 aliphatic carbocycles. The Bertz CT molecular complexity index is 7500. The van der Waals surface area contributed by atoms with Crippen molar-refractivity contribution >= 4 is 137 Å². The van der Waals surface area contributed by atoms with Crippen LogP contribution in [0.2, 0.25) is 0 Å². The van der Waals surface area contributed by atoms with Gasteiger partial charge in [0.15, 0.2) is 0 Å². The Labute approximate surface area is 733 Å². The van der Waals surface area contributed by atoms with Crippen molar-refractivity contribution < 1.29 is 0 Å². The minimum atomic E-state index is -0.0274. The standard InChI is InChI=1S/C119H87N5S/c1-81-79-112(105-45-21-23-47-107(105)115(81)116-82(2)80-113(106-46-22-24-48-108(106)116)123(94-41-19-8-20-42-94)99-75-73-97(74-76-99)120(90-33-11-4-12-34-90)91-35-13-5-14-36-91)122(93-39-17-7-18-40-93)98-71-63-89(64-72-98)117(87-31-9-3-10-32-87)88-55-53-85(54-56-88)101-77-78-102(119-118(101)109-49-27-30-52-114(109)125-119)86-61-69-96(70-62-86)121(92-37-15-6-16-38-92)95-65-57-83(58-66-95)84-59-67-100(68-60-84)124-110-50-28-25-43-103(110)104-44-26-29-51-111(104)124/h3-39,41-80,93,117H,40H2,1-2H3. The summed E-state index contributed by atoms with van der Waals surface area (Å²) in [5.41, 5.74) is 31.5. The summed E-state index contributed by atoms with van der Waals surface area (Å²) in [6.45, 7) is 4.63. The predicted octanol–water partition coefficient (Wildman–Crippen LogP) is 33.4. The summed E-state index contributed by atoms with van der Waals surface area (Å²) in [6.07, 6.45) is 9.96. The average molecular weight is 1620 g/mol. The maximum absolute atomic E-state index is 2.59. The highest BCUT2D eigenvalue weighted by Gasteiger charge is 2.29. The van der Waals surface area contributed by atoms with Crippen LogP contribution in [0.15, 0.2) is 467 Å². The van der Waals surface area contributed by atoms with Crippen LogP contribution < -0.4 is 19.6 Å². The minimum Gasteiger partial charge on any atom is -0.334 e. The highest BCUT2D eigenvalue weighted by molar-refractivity contribution is 7.26. The number of nitrogens with zero attached hydrogens (tertiary/aromatic N) is 5. The molecule has 2 heterocycles. The van der Waals surface area contributed by atoms with E-state index in [-0.39, 0.29) is 12.0 Å². The van der Waals surface area contributed by atoms with Crippen molar-refractivity contribution in [3.63, 3.8) is 0 Å². The largest absolute Gasteiger partial charge is 0.334 e. The first kappa shape index (κ1) is 75.6. The van der Waals surface area contributed by atoms with Crippen molar-refractivity contribution in [1.82, 2.24) is 4.57 Å². The monoisotopic (exact) mass is 1620 g/mol. The van der Waals surface area contributed by atoms with Crippen molar-refractivity contribution in [2.75, 3.05) is 19.6 Å². The molecule has 5 nitrogen and oxygen atoms in total. The molecule has 6 heteroatoms. The number of benzene rings is 19. The van der Waals surface area contributed by atoms with Crippen LogP contribution in [0.4, 0.5) is 62.6 Å². The number of anilines is 11. The number of hydrogen-bond acceptors (Lipinski definition) is 5. The summed E-state index contributed by atoms with van der Waals surface area (Å²) >= 11 is 1.89. The molecule has 21 aromatic rings. The fourth-order valence-electron chi connectivity index (χ4n) is 19.5. The molecule has 0 fully saturated rings. The Morgan fingerprint density at radius 3 is 1.16 bits per heavy atom. The molecule has 2 atom stereocenters. The van der Waals surface area contributed by atoms with Gasteiger partial charge in [-0.1, -0.05) is 315 Å². The lowest BCUT2D eigenvalue weighted by Gasteiger charge is -2.35. The molecule has 0 N–H and O–H groups in total. The van der Waals surface area contributed by atoms with Crippen LogP contribution in [-0.4, -0.2) is 10.6 Å². The zero-order valence-electron chi connectivity index (χ0n) is 69.5. The van der Waals surface area contributed by atoms with Crippen LogP contribution in [0.25, 0.3) is 114 Å².